The van der Waals surface area contributed by atoms with Crippen LogP contribution in [0.4, 0.5) is 0 Å². The van der Waals surface area contributed by atoms with Crippen LogP contribution in [0.15, 0.2) is 17.4 Å². The largest absolute Gasteiger partial charge is 0.481 e. The number of hydrogen-bond acceptors (Lipinski definition) is 10. The first kappa shape index (κ1) is 31.5. The number of aliphatic hydroxyl groups excluding tert-OH is 2. The third-order valence-electron chi connectivity index (χ3n) is 3.59. The summed E-state index contributed by atoms with van der Waals surface area (Å²) in [5.41, 5.74) is -0.533. The molecule has 0 amide bonds. The second kappa shape index (κ2) is 12.3. The molecule has 3 radical (unpaired) electrons. The van der Waals surface area contributed by atoms with E-state index < -0.39 is 52.4 Å². The number of H-pyrrole nitrogens is 1. The van der Waals surface area contributed by atoms with Gasteiger partial charge in [-0.3, -0.25) is 13.9 Å². The van der Waals surface area contributed by atoms with Crippen LogP contribution >= 0.6 is 15.6 Å². The van der Waals surface area contributed by atoms with Crippen LogP contribution in [0.3, 0.4) is 0 Å². The van der Waals surface area contributed by atoms with E-state index in [0.29, 0.717) is 0 Å². The molecule has 3 heterocycles. The molecule has 20 heteroatoms. The summed E-state index contributed by atoms with van der Waals surface area (Å²) in [5, 5.41) is 20.2. The molecule has 6 N–H and O–H groups in total. The van der Waals surface area contributed by atoms with Crippen molar-refractivity contribution in [1.29, 1.82) is 0 Å². The number of imidazole rings is 1. The summed E-state index contributed by atoms with van der Waals surface area (Å²) in [4.78, 5) is 48.0. The fraction of sp³-hybridized carbons (Fsp3) is 0.500. The third kappa shape index (κ3) is 7.50. The Kier molecular flexibility index (Phi) is 12.9. The van der Waals surface area contributed by atoms with Crippen LogP contribution in [0.25, 0.3) is 11.2 Å². The fourth-order valence-electron chi connectivity index (χ4n) is 2.47. The molecular weight excluding hydrogens is 483 g/mol. The quantitative estimate of drug-likeness (QED) is 0.171. The minimum absolute atomic E-state index is 0. The van der Waals surface area contributed by atoms with Crippen molar-refractivity contribution in [2.24, 2.45) is 0 Å². The van der Waals surface area contributed by atoms with Crippen LogP contribution in [-0.2, 0) is 22.7 Å². The smallest absolute Gasteiger partial charge is 0.387 e. The van der Waals surface area contributed by atoms with Gasteiger partial charge in [0.2, 0.25) is 0 Å². The molecule has 15 nitrogen and oxygen atoms in total. The molecular formula is C10H14N4Na3O11P2. The van der Waals surface area contributed by atoms with Crippen LogP contribution in [0.5, 0.6) is 0 Å². The van der Waals surface area contributed by atoms with Crippen molar-refractivity contribution in [1.82, 2.24) is 19.5 Å². The summed E-state index contributed by atoms with van der Waals surface area (Å²) >= 11 is 0. The monoisotopic (exact) mass is 497 g/mol. The van der Waals surface area contributed by atoms with Gasteiger partial charge in [0.15, 0.2) is 17.4 Å². The Balaban J connectivity index is 0.00000280. The van der Waals surface area contributed by atoms with Crippen molar-refractivity contribution in [2.45, 2.75) is 24.5 Å². The van der Waals surface area contributed by atoms with E-state index in [9.17, 15) is 29.0 Å². The first-order valence-corrected chi connectivity index (χ1v) is 10.2. The summed E-state index contributed by atoms with van der Waals surface area (Å²) in [6, 6.07) is 0. The Hall–Kier alpha value is 1.49. The van der Waals surface area contributed by atoms with Gasteiger partial charge >= 0.3 is 15.6 Å². The van der Waals surface area contributed by atoms with E-state index in [1.807, 2.05) is 0 Å². The molecule has 1 unspecified atom stereocenters. The SMILES string of the molecule is O=c1[nH]cnc2c1ncn2[C@@H]1O[C@H](COP(=O)(O)OP(=O)(O)O)[C@@H](O)[C@H]1O.[Na].[Na].[Na]. The van der Waals surface area contributed by atoms with Crippen LogP contribution < -0.4 is 5.56 Å². The normalized spacial score (nSPS) is 25.6. The molecule has 153 valence electrons. The van der Waals surface area contributed by atoms with Crippen molar-refractivity contribution in [2.75, 3.05) is 6.61 Å². The van der Waals surface area contributed by atoms with Gasteiger partial charge in [-0.15, -0.1) is 0 Å². The Morgan fingerprint density at radius 2 is 1.77 bits per heavy atom. The Morgan fingerprint density at radius 3 is 2.37 bits per heavy atom. The first-order chi connectivity index (χ1) is 12.5. The van der Waals surface area contributed by atoms with Crippen LogP contribution in [-0.4, -0.2) is 158 Å². The van der Waals surface area contributed by atoms with Gasteiger partial charge in [0.25, 0.3) is 5.56 Å². The predicted molar refractivity (Wildman–Crippen MR) is 100 cm³/mol. The van der Waals surface area contributed by atoms with Crippen molar-refractivity contribution in [3.63, 3.8) is 0 Å². The molecule has 0 aliphatic carbocycles. The minimum Gasteiger partial charge on any atom is -0.387 e. The summed E-state index contributed by atoms with van der Waals surface area (Å²) in [5.74, 6) is 0. The first-order valence-electron chi connectivity index (χ1n) is 7.14. The van der Waals surface area contributed by atoms with Gasteiger partial charge in [0.05, 0.1) is 19.3 Å². The Morgan fingerprint density at radius 1 is 1.13 bits per heavy atom. The Labute approximate surface area is 234 Å². The molecule has 2 aromatic heterocycles. The molecule has 0 saturated carbocycles. The average Bonchev–Trinajstić information content (AvgIpc) is 3.07. The van der Waals surface area contributed by atoms with Gasteiger partial charge in [-0.25, -0.2) is 19.1 Å². The number of ether oxygens (including phenoxy) is 1. The number of rotatable bonds is 6. The van der Waals surface area contributed by atoms with Crippen molar-refractivity contribution in [3.05, 3.63) is 23.0 Å². The molecule has 30 heavy (non-hydrogen) atoms. The second-order valence-corrected chi connectivity index (χ2v) is 8.27. The number of phosphoric acid groups is 2. The van der Waals surface area contributed by atoms with Crippen molar-refractivity contribution < 1.29 is 47.6 Å². The number of nitrogens with one attached hydrogen (secondary N) is 1. The topological polar surface area (TPSA) is 227 Å². The summed E-state index contributed by atoms with van der Waals surface area (Å²) < 4.78 is 36.6. The zero-order valence-corrected chi connectivity index (χ0v) is 23.9. The number of aromatic amines is 1. The third-order valence-corrected chi connectivity index (χ3v) is 5.74. The van der Waals surface area contributed by atoms with Crippen molar-refractivity contribution in [3.8, 4) is 0 Å². The van der Waals surface area contributed by atoms with E-state index in [0.717, 1.165) is 12.7 Å². The summed E-state index contributed by atoms with van der Waals surface area (Å²) in [6.07, 6.45) is -3.56. The van der Waals surface area contributed by atoms with Crippen LogP contribution in [0.1, 0.15) is 6.23 Å². The fourth-order valence-corrected chi connectivity index (χ4v) is 4.07. The van der Waals surface area contributed by atoms with Crippen LogP contribution in [0.2, 0.25) is 0 Å². The van der Waals surface area contributed by atoms with Crippen molar-refractivity contribution >= 4 is 115 Å². The molecule has 0 spiro atoms. The molecule has 5 atom stereocenters. The maximum absolute atomic E-state index is 11.7. The number of aliphatic hydroxyl groups is 2. The molecule has 3 rings (SSSR count). The minimum atomic E-state index is -5.30. The zero-order valence-electron chi connectivity index (χ0n) is 16.1. The second-order valence-electron chi connectivity index (χ2n) is 5.44. The Bertz CT molecular complexity index is 999. The predicted octanol–water partition coefficient (Wildman–Crippen LogP) is -3.18. The van der Waals surface area contributed by atoms with Gasteiger partial charge < -0.3 is 34.6 Å². The van der Waals surface area contributed by atoms with Gasteiger partial charge in [-0.05, 0) is 0 Å². The van der Waals surface area contributed by atoms with E-state index in [1.54, 1.807) is 0 Å². The number of hydrogen-bond donors (Lipinski definition) is 6. The number of aromatic nitrogens is 4. The van der Waals surface area contributed by atoms with E-state index in [2.05, 4.69) is 23.8 Å². The van der Waals surface area contributed by atoms with Gasteiger partial charge in [0, 0.05) is 88.7 Å². The molecule has 1 aliphatic heterocycles. The number of fused-ring (bicyclic) bond motifs is 1. The molecule has 2 aromatic rings. The summed E-state index contributed by atoms with van der Waals surface area (Å²) in [7, 11) is -10.5. The van der Waals surface area contributed by atoms with E-state index >= 15 is 0 Å². The van der Waals surface area contributed by atoms with E-state index in [1.165, 1.54) is 4.57 Å². The number of phosphoric ester groups is 1. The molecule has 0 bridgehead atoms. The molecule has 1 aliphatic rings. The molecule has 1 fully saturated rings. The van der Waals surface area contributed by atoms with E-state index in [-0.39, 0.29) is 99.8 Å². The van der Waals surface area contributed by atoms with Gasteiger partial charge in [-0.2, -0.15) is 4.31 Å². The molecule has 0 aromatic carbocycles. The zero-order chi connectivity index (χ0) is 20.0. The average molecular weight is 497 g/mol. The summed E-state index contributed by atoms with van der Waals surface area (Å²) in [6.45, 7) is -0.844. The number of nitrogens with zero attached hydrogens (tertiary/aromatic N) is 3. The maximum atomic E-state index is 11.7. The van der Waals surface area contributed by atoms with Gasteiger partial charge in [0.1, 0.15) is 18.3 Å². The molecule has 1 saturated heterocycles. The van der Waals surface area contributed by atoms with Crippen LogP contribution in [0, 0.1) is 0 Å². The van der Waals surface area contributed by atoms with Gasteiger partial charge in [-0.1, -0.05) is 0 Å². The maximum Gasteiger partial charge on any atom is 0.481 e. The standard InChI is InChI=1S/C10H14N4O11P2.3Na/c15-6-4(1-23-27(21,22)25-26(18,19)20)24-10(7(6)16)14-3-13-5-8(14)11-2-12-9(5)17;;;/h2-4,6-7,10,15-16H,1H2,(H,21,22)(H,11,12,17)(H2,18,19,20);;;/t4-,6-,7-,10-;;;/m1.../s1. The van der Waals surface area contributed by atoms with E-state index in [4.69, 9.17) is 14.5 Å².